The highest BCUT2D eigenvalue weighted by Crippen LogP contribution is 2.56. The molecule has 3 aliphatic rings. The first kappa shape index (κ1) is 12.7. The second kappa shape index (κ2) is 4.33. The molecule has 112 valence electrons. The Morgan fingerprint density at radius 3 is 2.55 bits per heavy atom. The van der Waals surface area contributed by atoms with E-state index in [1.807, 2.05) is 42.5 Å². The molecule has 0 bridgehead atoms. The third-order valence-corrected chi connectivity index (χ3v) is 7.66. The van der Waals surface area contributed by atoms with Crippen LogP contribution in [0.25, 0.3) is 0 Å². The van der Waals surface area contributed by atoms with Crippen LogP contribution in [0.1, 0.15) is 24.3 Å². The van der Waals surface area contributed by atoms with Gasteiger partial charge in [-0.2, -0.15) is 0 Å². The van der Waals surface area contributed by atoms with E-state index in [9.17, 15) is 4.55 Å². The standard InChI is InChI=1S/C17H15NO3S/c19-22(11-4-2-1-3-5-11)17-7-6-12(17)13-8-15-16(21-10-20-15)9-14(13)18-22/h1-5,8-9,12,17H,6-7,10H2/t12-,17-,22?/m1/s1. The van der Waals surface area contributed by atoms with Gasteiger partial charge in [-0.15, -0.1) is 4.36 Å². The van der Waals surface area contributed by atoms with Crippen LogP contribution in [0, 0.1) is 0 Å². The highest BCUT2D eigenvalue weighted by molar-refractivity contribution is 8.00. The van der Waals surface area contributed by atoms with Gasteiger partial charge in [0.1, 0.15) is 15.8 Å². The number of benzene rings is 2. The minimum absolute atomic E-state index is 0.114. The molecule has 5 rings (SSSR count). The SMILES string of the molecule is [O-][S+]1(c2ccccc2)=Nc2cc3c(cc2[C@H]2CC[C@H]21)OCO3. The lowest BCUT2D eigenvalue weighted by molar-refractivity contribution is 0.174. The van der Waals surface area contributed by atoms with Gasteiger partial charge in [0.15, 0.2) is 11.5 Å². The highest BCUT2D eigenvalue weighted by atomic mass is 32.3. The summed E-state index contributed by atoms with van der Waals surface area (Å²) in [6, 6.07) is 13.6. The zero-order chi connectivity index (χ0) is 14.7. The van der Waals surface area contributed by atoms with Gasteiger partial charge in [0.2, 0.25) is 6.79 Å². The first-order valence-corrected chi connectivity index (χ1v) is 9.08. The van der Waals surface area contributed by atoms with Crippen molar-refractivity contribution >= 4 is 15.8 Å². The summed E-state index contributed by atoms with van der Waals surface area (Å²) in [4.78, 5) is 0.841. The largest absolute Gasteiger partial charge is 0.626 e. The fourth-order valence-electron chi connectivity index (χ4n) is 3.59. The Kier molecular flexibility index (Phi) is 2.50. The van der Waals surface area contributed by atoms with Gasteiger partial charge < -0.3 is 14.0 Å². The Balaban J connectivity index is 1.74. The van der Waals surface area contributed by atoms with Crippen LogP contribution in [0.15, 0.2) is 51.7 Å². The maximum absolute atomic E-state index is 13.6. The number of nitrogens with zero attached hydrogens (tertiary/aromatic N) is 1. The van der Waals surface area contributed by atoms with Crippen LogP contribution in [0.2, 0.25) is 0 Å². The van der Waals surface area contributed by atoms with Gasteiger partial charge >= 0.3 is 0 Å². The molecule has 0 N–H and O–H groups in total. The van der Waals surface area contributed by atoms with E-state index in [0.717, 1.165) is 34.7 Å². The zero-order valence-corrected chi connectivity index (χ0v) is 12.7. The van der Waals surface area contributed by atoms with E-state index < -0.39 is 10.1 Å². The quantitative estimate of drug-likeness (QED) is 0.752. The molecule has 2 aromatic rings. The van der Waals surface area contributed by atoms with Gasteiger partial charge in [-0.3, -0.25) is 0 Å². The smallest absolute Gasteiger partial charge is 0.231 e. The van der Waals surface area contributed by atoms with E-state index in [0.29, 0.717) is 11.7 Å². The molecule has 3 atom stereocenters. The molecular formula is C17H15NO3S. The second-order valence-electron chi connectivity index (χ2n) is 5.96. The number of fused-ring (bicyclic) bond motifs is 4. The van der Waals surface area contributed by atoms with Crippen molar-refractivity contribution in [3.63, 3.8) is 0 Å². The summed E-state index contributed by atoms with van der Waals surface area (Å²) in [7, 11) is -2.41. The lowest BCUT2D eigenvalue weighted by atomic mass is 9.78. The summed E-state index contributed by atoms with van der Waals surface area (Å²) < 4.78 is 29.2. The number of rotatable bonds is 1. The summed E-state index contributed by atoms with van der Waals surface area (Å²) in [5.74, 6) is 1.80. The number of hydrogen-bond acceptors (Lipinski definition) is 4. The van der Waals surface area contributed by atoms with Gasteiger partial charge in [0.25, 0.3) is 0 Å². The first-order chi connectivity index (χ1) is 10.8. The summed E-state index contributed by atoms with van der Waals surface area (Å²) in [6.07, 6.45) is 2.03. The Hall–Kier alpha value is -1.85. The van der Waals surface area contributed by atoms with Crippen molar-refractivity contribution in [2.24, 2.45) is 4.36 Å². The van der Waals surface area contributed by atoms with Crippen molar-refractivity contribution in [3.8, 4) is 11.5 Å². The molecule has 0 radical (unpaired) electrons. The summed E-state index contributed by atoms with van der Waals surface area (Å²) >= 11 is 0. The van der Waals surface area contributed by atoms with Gasteiger partial charge in [-0.05, 0) is 46.7 Å². The van der Waals surface area contributed by atoms with E-state index in [-0.39, 0.29) is 12.0 Å². The zero-order valence-electron chi connectivity index (χ0n) is 11.9. The third kappa shape index (κ3) is 1.58. The van der Waals surface area contributed by atoms with Crippen LogP contribution in [0.4, 0.5) is 5.69 Å². The Morgan fingerprint density at radius 1 is 1.05 bits per heavy atom. The molecule has 22 heavy (non-hydrogen) atoms. The molecule has 4 nitrogen and oxygen atoms in total. The average Bonchev–Trinajstić information content (AvgIpc) is 2.93. The van der Waals surface area contributed by atoms with Crippen molar-refractivity contribution < 1.29 is 14.0 Å². The van der Waals surface area contributed by atoms with Crippen molar-refractivity contribution in [1.82, 2.24) is 0 Å². The van der Waals surface area contributed by atoms with Gasteiger partial charge in [-0.1, -0.05) is 18.2 Å². The van der Waals surface area contributed by atoms with Gasteiger partial charge in [0, 0.05) is 12.0 Å². The molecular weight excluding hydrogens is 298 g/mol. The summed E-state index contributed by atoms with van der Waals surface area (Å²) in [5, 5.41) is 0.114. The minimum atomic E-state index is -2.41. The van der Waals surface area contributed by atoms with E-state index in [2.05, 4.69) is 0 Å². The van der Waals surface area contributed by atoms with Crippen LogP contribution in [0.5, 0.6) is 11.5 Å². The maximum atomic E-state index is 13.6. The fraction of sp³-hybridized carbons (Fsp3) is 0.294. The molecule has 1 saturated carbocycles. The molecule has 1 aliphatic carbocycles. The lowest BCUT2D eigenvalue weighted by Gasteiger charge is -2.45. The molecule has 0 saturated heterocycles. The lowest BCUT2D eigenvalue weighted by Crippen LogP contribution is -2.43. The molecule has 2 heterocycles. The predicted molar refractivity (Wildman–Crippen MR) is 83.3 cm³/mol. The van der Waals surface area contributed by atoms with Crippen LogP contribution in [0.3, 0.4) is 0 Å². The van der Waals surface area contributed by atoms with E-state index in [4.69, 9.17) is 13.8 Å². The fourth-order valence-corrected chi connectivity index (χ4v) is 6.36. The molecule has 2 aromatic carbocycles. The van der Waals surface area contributed by atoms with Crippen LogP contribution >= 0.6 is 0 Å². The molecule has 1 unspecified atom stereocenters. The summed E-state index contributed by atoms with van der Waals surface area (Å²) in [5.41, 5.74) is 1.97. The molecule has 2 aliphatic heterocycles. The van der Waals surface area contributed by atoms with Crippen molar-refractivity contribution in [2.45, 2.75) is 28.9 Å². The topological polar surface area (TPSA) is 53.9 Å². The normalized spacial score (nSPS) is 30.8. The van der Waals surface area contributed by atoms with Gasteiger partial charge in [0.05, 0.1) is 0 Å². The Labute approximate surface area is 130 Å². The molecule has 0 spiro atoms. The maximum Gasteiger partial charge on any atom is 0.231 e. The van der Waals surface area contributed by atoms with Crippen molar-refractivity contribution in [2.75, 3.05) is 6.79 Å². The molecule has 1 fully saturated rings. The predicted octanol–water partition coefficient (Wildman–Crippen LogP) is 3.83. The summed E-state index contributed by atoms with van der Waals surface area (Å²) in [6.45, 7) is 0.250. The molecule has 0 aromatic heterocycles. The van der Waals surface area contributed by atoms with Crippen molar-refractivity contribution in [1.29, 1.82) is 0 Å². The van der Waals surface area contributed by atoms with Crippen LogP contribution in [-0.4, -0.2) is 16.6 Å². The number of hydrogen-bond donors (Lipinski definition) is 0. The Morgan fingerprint density at radius 2 is 1.82 bits per heavy atom. The van der Waals surface area contributed by atoms with Gasteiger partial charge in [-0.25, -0.2) is 0 Å². The first-order valence-electron chi connectivity index (χ1n) is 7.50. The minimum Gasteiger partial charge on any atom is -0.626 e. The highest BCUT2D eigenvalue weighted by Gasteiger charge is 2.48. The monoisotopic (exact) mass is 313 g/mol. The van der Waals surface area contributed by atoms with Crippen LogP contribution < -0.4 is 9.47 Å². The van der Waals surface area contributed by atoms with E-state index >= 15 is 0 Å². The average molecular weight is 313 g/mol. The van der Waals surface area contributed by atoms with E-state index in [1.54, 1.807) is 0 Å². The number of ether oxygens (including phenoxy) is 2. The van der Waals surface area contributed by atoms with Crippen LogP contribution in [-0.2, 0) is 10.1 Å². The third-order valence-electron chi connectivity index (χ3n) is 4.86. The van der Waals surface area contributed by atoms with Crippen molar-refractivity contribution in [3.05, 3.63) is 48.0 Å². The molecule has 5 heteroatoms. The molecule has 0 amide bonds. The Bertz CT molecular complexity index is 818. The van der Waals surface area contributed by atoms with E-state index in [1.165, 1.54) is 0 Å². The second-order valence-corrected chi connectivity index (χ2v) is 8.36.